The molecule has 1 aromatic rings. The van der Waals surface area contributed by atoms with Crippen LogP contribution in [0.25, 0.3) is 0 Å². The lowest BCUT2D eigenvalue weighted by atomic mass is 9.44. The summed E-state index contributed by atoms with van der Waals surface area (Å²) in [7, 11) is 1.77. The van der Waals surface area contributed by atoms with Gasteiger partial charge in [-0.15, -0.1) is 0 Å². The molecule has 39 heavy (non-hydrogen) atoms. The van der Waals surface area contributed by atoms with Gasteiger partial charge >= 0.3 is 0 Å². The number of carbonyl (C=O) groups is 3. The molecule has 0 aromatic heterocycles. The van der Waals surface area contributed by atoms with Gasteiger partial charge in [0.25, 0.3) is 0 Å². The lowest BCUT2D eigenvalue weighted by Crippen LogP contribution is -2.65. The van der Waals surface area contributed by atoms with Gasteiger partial charge in [0, 0.05) is 18.2 Å². The maximum atomic E-state index is 13.8. The molecule has 0 radical (unpaired) electrons. The van der Waals surface area contributed by atoms with Crippen LogP contribution in [0.2, 0.25) is 0 Å². The molecular formula is C33H45N3O3. The summed E-state index contributed by atoms with van der Waals surface area (Å²) >= 11 is 0. The second kappa shape index (κ2) is 8.94. The van der Waals surface area contributed by atoms with Crippen molar-refractivity contribution in [2.75, 3.05) is 11.9 Å². The molecule has 6 rings (SSSR count). The van der Waals surface area contributed by atoms with E-state index < -0.39 is 17.5 Å². The average molecular weight is 532 g/mol. The zero-order valence-corrected chi connectivity index (χ0v) is 24.5. The summed E-state index contributed by atoms with van der Waals surface area (Å²) in [6.07, 6.45) is 10.8. The topological polar surface area (TPSA) is 69.7 Å². The van der Waals surface area contributed by atoms with Gasteiger partial charge in [-0.05, 0) is 78.7 Å². The van der Waals surface area contributed by atoms with E-state index in [4.69, 9.17) is 0 Å². The number of carbonyl (C=O) groups excluding carboxylic acids is 3. The molecule has 1 saturated heterocycles. The number of anilines is 1. The normalized spacial score (nSPS) is 38.8. The average Bonchev–Trinajstić information content (AvgIpc) is 3.14. The summed E-state index contributed by atoms with van der Waals surface area (Å²) in [4.78, 5) is 43.2. The van der Waals surface area contributed by atoms with Crippen molar-refractivity contribution in [2.24, 2.45) is 28.6 Å². The first kappa shape index (κ1) is 26.6. The van der Waals surface area contributed by atoms with E-state index in [1.54, 1.807) is 11.9 Å². The maximum absolute atomic E-state index is 13.8. The molecule has 0 spiro atoms. The van der Waals surface area contributed by atoms with Crippen molar-refractivity contribution in [3.05, 3.63) is 41.5 Å². The van der Waals surface area contributed by atoms with Crippen molar-refractivity contribution in [1.29, 1.82) is 0 Å². The highest BCUT2D eigenvalue weighted by Crippen LogP contribution is 2.66. The number of piperazine rings is 1. The van der Waals surface area contributed by atoms with Gasteiger partial charge in [0.2, 0.25) is 18.2 Å². The highest BCUT2D eigenvalue weighted by Gasteiger charge is 2.61. The van der Waals surface area contributed by atoms with E-state index in [1.165, 1.54) is 31.3 Å². The standard InChI is InChI=1S/C33H45N3O3/c1-20(2)28-29(38)34-24(30(39)35(28)6)18-33-17-23-21(12-13-26-31(3,4)14-9-15-32(23,26)5)16-27(33)36(19-37)25-11-8-7-10-22(25)33/h7-8,10-11,16,19-20,23-24,26-28H,9,12-15,17-18H2,1-6H3,(H,34,38)/t23-,24-,26-,27+,28-,32-,33-/m0/s1. The molecule has 3 amide bonds. The second-order valence-corrected chi connectivity index (χ2v) is 14.5. The number of allylic oxidation sites excluding steroid dienone is 1. The van der Waals surface area contributed by atoms with Gasteiger partial charge in [0.1, 0.15) is 12.1 Å². The predicted octanol–water partition coefficient (Wildman–Crippen LogP) is 5.21. The second-order valence-electron chi connectivity index (χ2n) is 14.5. The van der Waals surface area contributed by atoms with Crippen molar-refractivity contribution >= 4 is 23.9 Å². The molecule has 1 aromatic carbocycles. The van der Waals surface area contributed by atoms with Gasteiger partial charge in [-0.3, -0.25) is 14.4 Å². The summed E-state index contributed by atoms with van der Waals surface area (Å²) in [6, 6.07) is 7.05. The number of nitrogens with one attached hydrogen (secondary N) is 1. The minimum Gasteiger partial charge on any atom is -0.342 e. The van der Waals surface area contributed by atoms with Crippen LogP contribution in [0.4, 0.5) is 5.69 Å². The summed E-state index contributed by atoms with van der Waals surface area (Å²) in [5, 5.41) is 3.14. The predicted molar refractivity (Wildman–Crippen MR) is 153 cm³/mol. The molecule has 5 aliphatic rings. The molecule has 2 saturated carbocycles. The third-order valence-corrected chi connectivity index (χ3v) is 11.7. The van der Waals surface area contributed by atoms with Gasteiger partial charge in [-0.1, -0.05) is 70.9 Å². The quantitative estimate of drug-likeness (QED) is 0.428. The molecule has 0 bridgehead atoms. The largest absolute Gasteiger partial charge is 0.342 e. The first-order chi connectivity index (χ1) is 18.4. The molecule has 0 unspecified atom stereocenters. The Morgan fingerprint density at radius 3 is 2.59 bits per heavy atom. The number of amides is 3. The summed E-state index contributed by atoms with van der Waals surface area (Å²) in [5.41, 5.74) is 3.66. The van der Waals surface area contributed by atoms with Crippen LogP contribution < -0.4 is 10.2 Å². The summed E-state index contributed by atoms with van der Waals surface area (Å²) in [6.45, 7) is 11.4. The minimum absolute atomic E-state index is 0.0234. The number of fused-ring (bicyclic) bond motifs is 6. The Morgan fingerprint density at radius 1 is 1.13 bits per heavy atom. The molecular weight excluding hydrogens is 486 g/mol. The third-order valence-electron chi connectivity index (χ3n) is 11.7. The number of para-hydroxylation sites is 1. The van der Waals surface area contributed by atoms with E-state index in [1.807, 2.05) is 30.9 Å². The SMILES string of the molecule is CC(C)[C@H]1C(=O)N[C@@H](C[C@]23C[C@H]4C(=C[C@H]2N(C=O)c2ccccc23)CC[C@H]2C(C)(C)CCC[C@@]42C)C(=O)N1C. The van der Waals surface area contributed by atoms with Crippen LogP contribution in [-0.4, -0.2) is 48.3 Å². The van der Waals surface area contributed by atoms with Crippen molar-refractivity contribution in [3.8, 4) is 0 Å². The molecule has 7 atom stereocenters. The first-order valence-electron chi connectivity index (χ1n) is 15.1. The first-order valence-corrected chi connectivity index (χ1v) is 15.1. The highest BCUT2D eigenvalue weighted by atomic mass is 16.2. The summed E-state index contributed by atoms with van der Waals surface area (Å²) in [5.74, 6) is 1.00. The molecule has 2 heterocycles. The number of benzene rings is 1. The van der Waals surface area contributed by atoms with E-state index in [2.05, 4.69) is 44.3 Å². The monoisotopic (exact) mass is 531 g/mol. The summed E-state index contributed by atoms with van der Waals surface area (Å²) < 4.78 is 0. The number of hydrogen-bond acceptors (Lipinski definition) is 3. The van der Waals surface area contributed by atoms with Crippen LogP contribution >= 0.6 is 0 Å². The zero-order chi connectivity index (χ0) is 27.9. The lowest BCUT2D eigenvalue weighted by Gasteiger charge is -2.61. The fraction of sp³-hybridized carbons (Fsp3) is 0.667. The fourth-order valence-corrected chi connectivity index (χ4v) is 10.1. The Labute approximate surface area is 233 Å². The van der Waals surface area contributed by atoms with E-state index in [9.17, 15) is 14.4 Å². The van der Waals surface area contributed by atoms with Crippen molar-refractivity contribution < 1.29 is 14.4 Å². The Balaban J connectivity index is 1.46. The Morgan fingerprint density at radius 2 is 1.87 bits per heavy atom. The molecule has 3 fully saturated rings. The Hall–Kier alpha value is -2.63. The number of hydrogen-bond donors (Lipinski definition) is 1. The smallest absolute Gasteiger partial charge is 0.245 e. The lowest BCUT2D eigenvalue weighted by molar-refractivity contribution is -0.150. The van der Waals surface area contributed by atoms with Gasteiger partial charge < -0.3 is 15.1 Å². The van der Waals surface area contributed by atoms with Crippen LogP contribution in [-0.2, 0) is 19.8 Å². The van der Waals surface area contributed by atoms with Crippen molar-refractivity contribution in [1.82, 2.24) is 10.2 Å². The number of nitrogens with zero attached hydrogens (tertiary/aromatic N) is 2. The number of likely N-dealkylation sites (N-methyl/N-ethyl adjacent to an activating group) is 1. The highest BCUT2D eigenvalue weighted by molar-refractivity contribution is 5.97. The van der Waals surface area contributed by atoms with Crippen LogP contribution in [0.5, 0.6) is 0 Å². The van der Waals surface area contributed by atoms with Gasteiger partial charge in [0.05, 0.1) is 6.04 Å². The van der Waals surface area contributed by atoms with E-state index >= 15 is 0 Å². The molecule has 3 aliphatic carbocycles. The van der Waals surface area contributed by atoms with Crippen LogP contribution in [0.15, 0.2) is 35.9 Å². The molecule has 6 nitrogen and oxygen atoms in total. The molecule has 210 valence electrons. The fourth-order valence-electron chi connectivity index (χ4n) is 10.1. The Kier molecular flexibility index (Phi) is 6.09. The van der Waals surface area contributed by atoms with Gasteiger partial charge in [0.15, 0.2) is 0 Å². The van der Waals surface area contributed by atoms with E-state index in [0.29, 0.717) is 23.7 Å². The van der Waals surface area contributed by atoms with Crippen LogP contribution in [0.3, 0.4) is 0 Å². The zero-order valence-electron chi connectivity index (χ0n) is 24.5. The van der Waals surface area contributed by atoms with Crippen LogP contribution in [0, 0.1) is 28.6 Å². The van der Waals surface area contributed by atoms with Crippen LogP contribution in [0.1, 0.15) is 85.1 Å². The minimum atomic E-state index is -0.607. The van der Waals surface area contributed by atoms with E-state index in [0.717, 1.165) is 30.5 Å². The van der Waals surface area contributed by atoms with Gasteiger partial charge in [-0.25, -0.2) is 0 Å². The maximum Gasteiger partial charge on any atom is 0.245 e. The van der Waals surface area contributed by atoms with Crippen molar-refractivity contribution in [3.63, 3.8) is 0 Å². The van der Waals surface area contributed by atoms with Gasteiger partial charge in [-0.2, -0.15) is 0 Å². The Bertz CT molecular complexity index is 1240. The van der Waals surface area contributed by atoms with Crippen molar-refractivity contribution in [2.45, 2.75) is 103 Å². The molecule has 1 N–H and O–H groups in total. The molecule has 6 heteroatoms. The third kappa shape index (κ3) is 3.69. The number of rotatable bonds is 4. The molecule has 2 aliphatic heterocycles. The van der Waals surface area contributed by atoms with E-state index in [-0.39, 0.29) is 29.2 Å².